The van der Waals surface area contributed by atoms with Crippen LogP contribution in [0.15, 0.2) is 11.8 Å². The minimum Gasteiger partial charge on any atom is -0.496 e. The highest BCUT2D eigenvalue weighted by Crippen LogP contribution is 2.51. The number of carbonyl (C=O) groups is 2. The summed E-state index contributed by atoms with van der Waals surface area (Å²) in [6.45, 7) is 3.17. The Morgan fingerprint density at radius 3 is 2.00 bits per heavy atom. The van der Waals surface area contributed by atoms with Crippen LogP contribution in [0.4, 0.5) is 0 Å². The summed E-state index contributed by atoms with van der Waals surface area (Å²) >= 11 is 0. The molecule has 2 aliphatic rings. The molecule has 2 amide bonds. The molecule has 11 heteroatoms. The molecule has 0 saturated carbocycles. The zero-order valence-corrected chi connectivity index (χ0v) is 23.4. The number of nitrogens with one attached hydrogen (secondary N) is 1. The number of ether oxygens (including phenoxy) is 6. The Morgan fingerprint density at radius 1 is 0.872 bits per heavy atom. The van der Waals surface area contributed by atoms with E-state index < -0.39 is 30.5 Å². The van der Waals surface area contributed by atoms with Gasteiger partial charge in [0.15, 0.2) is 23.0 Å². The molecule has 1 saturated heterocycles. The van der Waals surface area contributed by atoms with Gasteiger partial charge in [0.2, 0.25) is 5.91 Å². The van der Waals surface area contributed by atoms with Gasteiger partial charge in [-0.3, -0.25) is 9.59 Å². The summed E-state index contributed by atoms with van der Waals surface area (Å²) in [6, 6.07) is -0.104. The van der Waals surface area contributed by atoms with Crippen LogP contribution in [0.25, 0.3) is 6.08 Å². The topological polar surface area (TPSA) is 125 Å². The number of benzene rings is 2. The molecule has 2 aromatic carbocycles. The second kappa shape index (κ2) is 10.9. The van der Waals surface area contributed by atoms with Gasteiger partial charge in [0.05, 0.1) is 55.3 Å². The summed E-state index contributed by atoms with van der Waals surface area (Å²) in [7, 11) is 9.07. The van der Waals surface area contributed by atoms with Crippen molar-refractivity contribution in [1.82, 2.24) is 10.2 Å². The minimum atomic E-state index is -0.895. The number of methoxy groups -OCH3 is 6. The fourth-order valence-electron chi connectivity index (χ4n) is 5.71. The molecule has 2 heterocycles. The van der Waals surface area contributed by atoms with Crippen LogP contribution in [0.3, 0.4) is 0 Å². The lowest BCUT2D eigenvalue weighted by Crippen LogP contribution is -2.61. The van der Waals surface area contributed by atoms with Crippen molar-refractivity contribution in [2.75, 3.05) is 49.3 Å². The first-order valence-corrected chi connectivity index (χ1v) is 12.3. The van der Waals surface area contributed by atoms with Crippen molar-refractivity contribution < 1.29 is 43.1 Å². The Bertz CT molecular complexity index is 1350. The smallest absolute Gasteiger partial charge is 0.271 e. The third-order valence-corrected chi connectivity index (χ3v) is 7.33. The monoisotopic (exact) mass is 542 g/mol. The Morgan fingerprint density at radius 2 is 1.46 bits per heavy atom. The van der Waals surface area contributed by atoms with Gasteiger partial charge in [-0.25, -0.2) is 0 Å². The van der Waals surface area contributed by atoms with Gasteiger partial charge in [0.25, 0.3) is 5.91 Å². The van der Waals surface area contributed by atoms with E-state index in [1.54, 1.807) is 13.0 Å². The Kier molecular flexibility index (Phi) is 7.82. The molecule has 39 heavy (non-hydrogen) atoms. The van der Waals surface area contributed by atoms with Crippen LogP contribution in [0, 0.1) is 13.8 Å². The zero-order valence-electron chi connectivity index (χ0n) is 23.4. The van der Waals surface area contributed by atoms with Gasteiger partial charge in [0, 0.05) is 34.2 Å². The molecule has 0 aliphatic carbocycles. The summed E-state index contributed by atoms with van der Waals surface area (Å²) in [5.74, 6) is 1.86. The molecule has 2 N–H and O–H groups in total. The predicted molar refractivity (Wildman–Crippen MR) is 142 cm³/mol. The minimum absolute atomic E-state index is 0.0214. The quantitative estimate of drug-likeness (QED) is 0.484. The van der Waals surface area contributed by atoms with Gasteiger partial charge in [-0.05, 0) is 26.0 Å². The lowest BCUT2D eigenvalue weighted by atomic mass is 9.83. The van der Waals surface area contributed by atoms with Crippen molar-refractivity contribution in [2.45, 2.75) is 32.4 Å². The van der Waals surface area contributed by atoms with E-state index in [4.69, 9.17) is 28.4 Å². The molecule has 2 atom stereocenters. The number of aliphatic hydroxyl groups excluding tert-OH is 1. The van der Waals surface area contributed by atoms with Crippen LogP contribution in [-0.4, -0.2) is 77.1 Å². The average molecular weight is 543 g/mol. The maximum Gasteiger partial charge on any atom is 0.271 e. The molecule has 0 spiro atoms. The van der Waals surface area contributed by atoms with Crippen molar-refractivity contribution in [3.8, 4) is 34.5 Å². The normalized spacial score (nSPS) is 19.2. The number of piperazine rings is 1. The number of aliphatic hydroxyl groups is 1. The number of hydrogen-bond acceptors (Lipinski definition) is 9. The van der Waals surface area contributed by atoms with Crippen molar-refractivity contribution in [2.24, 2.45) is 0 Å². The third kappa shape index (κ3) is 4.26. The van der Waals surface area contributed by atoms with Gasteiger partial charge in [-0.15, -0.1) is 0 Å². The third-order valence-electron chi connectivity index (χ3n) is 7.33. The molecule has 0 aromatic heterocycles. The van der Waals surface area contributed by atoms with Gasteiger partial charge >= 0.3 is 0 Å². The van der Waals surface area contributed by atoms with Crippen LogP contribution < -0.4 is 33.7 Å². The highest BCUT2D eigenvalue weighted by atomic mass is 16.5. The maximum atomic E-state index is 14.0. The number of hydrogen-bond donors (Lipinski definition) is 2. The second-order valence-electron chi connectivity index (χ2n) is 9.15. The molecular weight excluding hydrogens is 508 g/mol. The largest absolute Gasteiger partial charge is 0.496 e. The van der Waals surface area contributed by atoms with E-state index in [0.29, 0.717) is 62.3 Å². The molecule has 210 valence electrons. The maximum absolute atomic E-state index is 14.0. The summed E-state index contributed by atoms with van der Waals surface area (Å²) < 4.78 is 33.6. The molecule has 2 aromatic rings. The Hall–Kier alpha value is -4.12. The summed E-state index contributed by atoms with van der Waals surface area (Å²) in [6.07, 6.45) is 1.70. The Balaban J connectivity index is 1.89. The number of carbonyl (C=O) groups excluding carboxylic acids is 2. The standard InChI is InChI=1S/C28H34N2O9/c1-13-22(35-4)15(10-20(34-3)24(13)37-6)9-17-28(33)30-18(27(32)29-17)11-16-21(19(30)12-31)26(39-8)25(38-7)14(2)23(16)36-5/h9-10,18-19,31H,11-12H2,1-8H3,(H,29,32)/b17-9-/t18-,19+/m0/s1. The van der Waals surface area contributed by atoms with Crippen LogP contribution >= 0.6 is 0 Å². The molecule has 0 bridgehead atoms. The second-order valence-corrected chi connectivity index (χ2v) is 9.15. The molecule has 1 fully saturated rings. The average Bonchev–Trinajstić information content (AvgIpc) is 2.93. The highest BCUT2D eigenvalue weighted by molar-refractivity contribution is 6.08. The van der Waals surface area contributed by atoms with Gasteiger partial charge in [0.1, 0.15) is 23.2 Å². The van der Waals surface area contributed by atoms with E-state index in [1.807, 2.05) is 6.92 Å². The summed E-state index contributed by atoms with van der Waals surface area (Å²) in [5.41, 5.74) is 3.10. The molecule has 2 aliphatic heterocycles. The van der Waals surface area contributed by atoms with Crippen molar-refractivity contribution >= 4 is 17.9 Å². The van der Waals surface area contributed by atoms with Crippen LogP contribution in [0.1, 0.15) is 33.9 Å². The first kappa shape index (κ1) is 27.9. The molecule has 0 radical (unpaired) electrons. The van der Waals surface area contributed by atoms with E-state index >= 15 is 0 Å². The highest BCUT2D eigenvalue weighted by Gasteiger charge is 2.48. The van der Waals surface area contributed by atoms with E-state index in [1.165, 1.54) is 53.6 Å². The number of nitrogens with zero attached hydrogens (tertiary/aromatic N) is 1. The lowest BCUT2D eigenvalue weighted by Gasteiger charge is -2.45. The van der Waals surface area contributed by atoms with Gasteiger partial charge < -0.3 is 43.7 Å². The van der Waals surface area contributed by atoms with E-state index in [0.717, 1.165) is 0 Å². The van der Waals surface area contributed by atoms with E-state index in [-0.39, 0.29) is 12.1 Å². The van der Waals surface area contributed by atoms with Crippen molar-refractivity contribution in [1.29, 1.82) is 0 Å². The fraction of sp³-hybridized carbons (Fsp3) is 0.429. The lowest BCUT2D eigenvalue weighted by molar-refractivity contribution is -0.147. The van der Waals surface area contributed by atoms with Crippen LogP contribution in [0.2, 0.25) is 0 Å². The molecule has 4 rings (SSSR count). The molecule has 11 nitrogen and oxygen atoms in total. The zero-order chi connectivity index (χ0) is 28.6. The van der Waals surface area contributed by atoms with E-state index in [2.05, 4.69) is 5.32 Å². The number of amides is 2. The van der Waals surface area contributed by atoms with Crippen molar-refractivity contribution in [3.05, 3.63) is 39.6 Å². The number of fused-ring (bicyclic) bond motifs is 2. The van der Waals surface area contributed by atoms with E-state index in [9.17, 15) is 14.7 Å². The Labute approximate surface area is 227 Å². The first-order chi connectivity index (χ1) is 18.7. The summed E-state index contributed by atoms with van der Waals surface area (Å²) in [4.78, 5) is 28.8. The fourth-order valence-corrected chi connectivity index (χ4v) is 5.71. The molecular formula is C28H34N2O9. The van der Waals surface area contributed by atoms with Gasteiger partial charge in [-0.2, -0.15) is 0 Å². The first-order valence-electron chi connectivity index (χ1n) is 12.3. The molecule has 0 unspecified atom stereocenters. The number of rotatable bonds is 8. The van der Waals surface area contributed by atoms with Crippen LogP contribution in [0.5, 0.6) is 34.5 Å². The summed E-state index contributed by atoms with van der Waals surface area (Å²) in [5, 5.41) is 13.3. The van der Waals surface area contributed by atoms with Crippen LogP contribution in [-0.2, 0) is 16.0 Å². The van der Waals surface area contributed by atoms with Crippen molar-refractivity contribution in [3.63, 3.8) is 0 Å². The predicted octanol–water partition coefficient (Wildman–Crippen LogP) is 2.31. The SMILES string of the molecule is COc1cc(/C=C2\NC(=O)[C@@H]3Cc4c(OC)c(C)c(OC)c(OC)c4[C@@H](CO)N3C2=O)c(OC)c(C)c1OC. The van der Waals surface area contributed by atoms with Gasteiger partial charge in [-0.1, -0.05) is 0 Å².